The molecule has 3 fully saturated rings. The molecule has 0 aromatic heterocycles. The molecule has 0 saturated heterocycles. The molecule has 2 nitrogen and oxygen atoms in total. The van der Waals surface area contributed by atoms with E-state index in [2.05, 4.69) is 26.8 Å². The molecule has 0 aromatic rings. The van der Waals surface area contributed by atoms with Crippen LogP contribution in [0.5, 0.6) is 0 Å². The van der Waals surface area contributed by atoms with Crippen molar-refractivity contribution in [3.63, 3.8) is 0 Å². The van der Waals surface area contributed by atoms with Crippen molar-refractivity contribution in [2.45, 2.75) is 65.7 Å². The number of hydrogen-bond acceptors (Lipinski definition) is 2. The topological polar surface area (TPSA) is 37.3 Å². The van der Waals surface area contributed by atoms with Gasteiger partial charge in [0.2, 0.25) is 0 Å². The standard InChI is InChI=1S/C20H30O2/c1-18(2)15-6-9-20-10-13(14(11-20)12-21)4-5-16(20)19(15,3)8-7-17(18)22/h11,13,15-16,21H,4-10,12H2,1-3H3/t13-,15-,16+,19-,20+/m1/s1. The second kappa shape index (κ2) is 4.47. The summed E-state index contributed by atoms with van der Waals surface area (Å²) in [5.74, 6) is 2.38. The first-order chi connectivity index (χ1) is 10.3. The predicted octanol–water partition coefficient (Wildman–Crippen LogP) is 4.13. The lowest BCUT2D eigenvalue weighted by Crippen LogP contribution is -2.58. The van der Waals surface area contributed by atoms with Crippen LogP contribution >= 0.6 is 0 Å². The van der Waals surface area contributed by atoms with Gasteiger partial charge in [0.1, 0.15) is 5.78 Å². The van der Waals surface area contributed by atoms with Gasteiger partial charge in [0, 0.05) is 11.8 Å². The van der Waals surface area contributed by atoms with Gasteiger partial charge in [0.15, 0.2) is 0 Å². The Kier molecular flexibility index (Phi) is 3.03. The zero-order chi connectivity index (χ0) is 15.8. The summed E-state index contributed by atoms with van der Waals surface area (Å²) in [6.45, 7) is 7.14. The second-order valence-corrected chi connectivity index (χ2v) is 9.38. The molecule has 0 amide bonds. The van der Waals surface area contributed by atoms with E-state index in [1.165, 1.54) is 37.7 Å². The maximum Gasteiger partial charge on any atom is 0.138 e. The number of carbonyl (C=O) groups excluding carboxylic acids is 1. The normalized spacial score (nSPS) is 49.4. The molecule has 4 aliphatic rings. The first-order valence-corrected chi connectivity index (χ1v) is 9.19. The first-order valence-electron chi connectivity index (χ1n) is 9.19. The van der Waals surface area contributed by atoms with Gasteiger partial charge in [-0.1, -0.05) is 26.8 Å². The van der Waals surface area contributed by atoms with E-state index in [1.54, 1.807) is 0 Å². The van der Waals surface area contributed by atoms with Crippen LogP contribution in [0.3, 0.4) is 0 Å². The van der Waals surface area contributed by atoms with Crippen LogP contribution in [0.1, 0.15) is 65.7 Å². The van der Waals surface area contributed by atoms with Crippen molar-refractivity contribution in [1.29, 1.82) is 0 Å². The van der Waals surface area contributed by atoms with Crippen LogP contribution in [0.4, 0.5) is 0 Å². The average Bonchev–Trinajstić information content (AvgIpc) is 2.74. The summed E-state index contributed by atoms with van der Waals surface area (Å²) in [5, 5.41) is 9.70. The number of Topliss-reactive ketones (excluding diaryl/α,β-unsaturated/α-hetero) is 1. The summed E-state index contributed by atoms with van der Waals surface area (Å²) in [7, 11) is 0. The highest BCUT2D eigenvalue weighted by atomic mass is 16.3. The summed E-state index contributed by atoms with van der Waals surface area (Å²) >= 11 is 0. The minimum Gasteiger partial charge on any atom is -0.392 e. The van der Waals surface area contributed by atoms with Crippen molar-refractivity contribution in [2.24, 2.45) is 34.0 Å². The molecule has 22 heavy (non-hydrogen) atoms. The molecule has 1 N–H and O–H groups in total. The van der Waals surface area contributed by atoms with Crippen LogP contribution in [0.15, 0.2) is 11.6 Å². The van der Waals surface area contributed by atoms with Crippen molar-refractivity contribution in [2.75, 3.05) is 6.61 Å². The van der Waals surface area contributed by atoms with Crippen LogP contribution in [0.25, 0.3) is 0 Å². The maximum absolute atomic E-state index is 12.5. The Morgan fingerprint density at radius 3 is 2.64 bits per heavy atom. The highest BCUT2D eigenvalue weighted by molar-refractivity contribution is 5.85. The lowest BCUT2D eigenvalue weighted by atomic mass is 9.41. The summed E-state index contributed by atoms with van der Waals surface area (Å²) in [4.78, 5) is 12.5. The molecule has 122 valence electrons. The minimum atomic E-state index is -0.145. The molecule has 3 saturated carbocycles. The Balaban J connectivity index is 1.76. The molecule has 2 heteroatoms. The quantitative estimate of drug-likeness (QED) is 0.740. The van der Waals surface area contributed by atoms with Gasteiger partial charge >= 0.3 is 0 Å². The molecule has 1 spiro atoms. The molecule has 0 unspecified atom stereocenters. The molecule has 0 radical (unpaired) electrons. The van der Waals surface area contributed by atoms with Crippen molar-refractivity contribution < 1.29 is 9.90 Å². The van der Waals surface area contributed by atoms with Gasteiger partial charge in [-0.15, -0.1) is 0 Å². The van der Waals surface area contributed by atoms with Gasteiger partial charge in [-0.25, -0.2) is 0 Å². The van der Waals surface area contributed by atoms with Gasteiger partial charge in [-0.2, -0.15) is 0 Å². The van der Waals surface area contributed by atoms with E-state index in [1.807, 2.05) is 0 Å². The van der Waals surface area contributed by atoms with Crippen LogP contribution < -0.4 is 0 Å². The molecule has 5 atom stereocenters. The van der Waals surface area contributed by atoms with Gasteiger partial charge in [0.05, 0.1) is 6.61 Å². The van der Waals surface area contributed by atoms with Crippen LogP contribution in [0, 0.1) is 34.0 Å². The lowest BCUT2D eigenvalue weighted by Gasteiger charge is -2.63. The third-order valence-electron chi connectivity index (χ3n) is 8.28. The van der Waals surface area contributed by atoms with E-state index in [-0.39, 0.29) is 12.0 Å². The number of aliphatic hydroxyl groups is 1. The van der Waals surface area contributed by atoms with Crippen molar-refractivity contribution in [1.82, 2.24) is 0 Å². The molecule has 4 rings (SSSR count). The van der Waals surface area contributed by atoms with E-state index in [0.717, 1.165) is 12.8 Å². The van der Waals surface area contributed by atoms with Gasteiger partial charge in [0.25, 0.3) is 0 Å². The highest BCUT2D eigenvalue weighted by Gasteiger charge is 2.63. The third-order valence-corrected chi connectivity index (χ3v) is 8.28. The summed E-state index contributed by atoms with van der Waals surface area (Å²) < 4.78 is 0. The lowest BCUT2D eigenvalue weighted by molar-refractivity contribution is -0.160. The van der Waals surface area contributed by atoms with E-state index < -0.39 is 0 Å². The maximum atomic E-state index is 12.5. The second-order valence-electron chi connectivity index (χ2n) is 9.38. The minimum absolute atomic E-state index is 0.145. The van der Waals surface area contributed by atoms with E-state index in [4.69, 9.17) is 0 Å². The van der Waals surface area contributed by atoms with Gasteiger partial charge < -0.3 is 5.11 Å². The number of rotatable bonds is 1. The summed E-state index contributed by atoms with van der Waals surface area (Å²) in [5.41, 5.74) is 1.81. The SMILES string of the molecule is CC1(C)C(=O)CC[C@]2(C)[C@@H]1CC[C@]13C=C(CO)[C@H](CC[C@H]12)C3. The fourth-order valence-electron chi connectivity index (χ4n) is 7.25. The van der Waals surface area contributed by atoms with Crippen molar-refractivity contribution in [3.8, 4) is 0 Å². The molecule has 4 aliphatic carbocycles. The van der Waals surface area contributed by atoms with E-state index in [0.29, 0.717) is 34.4 Å². The van der Waals surface area contributed by atoms with E-state index in [9.17, 15) is 9.90 Å². The summed E-state index contributed by atoms with van der Waals surface area (Å²) in [6, 6.07) is 0. The monoisotopic (exact) mass is 302 g/mol. The summed E-state index contributed by atoms with van der Waals surface area (Å²) in [6.07, 6.45) is 10.6. The Hall–Kier alpha value is -0.630. The van der Waals surface area contributed by atoms with Crippen LogP contribution in [-0.4, -0.2) is 17.5 Å². The molecule has 0 aromatic carbocycles. The largest absolute Gasteiger partial charge is 0.392 e. The Bertz CT molecular complexity index is 546. The fraction of sp³-hybridized carbons (Fsp3) is 0.850. The Morgan fingerprint density at radius 2 is 1.91 bits per heavy atom. The number of ketones is 1. The number of hydrogen-bond donors (Lipinski definition) is 1. The predicted molar refractivity (Wildman–Crippen MR) is 87.3 cm³/mol. The first kappa shape index (κ1) is 14.9. The fourth-order valence-corrected chi connectivity index (χ4v) is 7.25. The molecular weight excluding hydrogens is 272 g/mol. The number of carbonyl (C=O) groups is 1. The molecular formula is C20H30O2. The van der Waals surface area contributed by atoms with Crippen molar-refractivity contribution in [3.05, 3.63) is 11.6 Å². The average molecular weight is 302 g/mol. The molecule has 2 bridgehead atoms. The number of fused-ring (bicyclic) bond motifs is 3. The van der Waals surface area contributed by atoms with E-state index >= 15 is 0 Å². The van der Waals surface area contributed by atoms with Crippen LogP contribution in [-0.2, 0) is 4.79 Å². The highest BCUT2D eigenvalue weighted by Crippen LogP contribution is 2.70. The smallest absolute Gasteiger partial charge is 0.138 e. The van der Waals surface area contributed by atoms with Crippen LogP contribution in [0.2, 0.25) is 0 Å². The van der Waals surface area contributed by atoms with Gasteiger partial charge in [-0.3, -0.25) is 4.79 Å². The Morgan fingerprint density at radius 1 is 1.14 bits per heavy atom. The zero-order valence-electron chi connectivity index (χ0n) is 14.3. The molecule has 0 aliphatic heterocycles. The van der Waals surface area contributed by atoms with Crippen molar-refractivity contribution >= 4 is 5.78 Å². The molecule has 0 heterocycles. The third kappa shape index (κ3) is 1.68. The Labute approximate surface area is 134 Å². The number of allylic oxidation sites excluding steroid dienone is 1. The van der Waals surface area contributed by atoms with Gasteiger partial charge in [-0.05, 0) is 72.7 Å². The zero-order valence-corrected chi connectivity index (χ0v) is 14.3. The number of aliphatic hydroxyl groups excluding tert-OH is 1.